The van der Waals surface area contributed by atoms with Crippen LogP contribution in [0.1, 0.15) is 23.0 Å². The lowest BCUT2D eigenvalue weighted by Crippen LogP contribution is -2.40. The minimum absolute atomic E-state index is 0.279. The molecule has 0 unspecified atom stereocenters. The second kappa shape index (κ2) is 6.51. The number of amides is 1. The van der Waals surface area contributed by atoms with Crippen molar-refractivity contribution in [1.29, 1.82) is 0 Å². The minimum Gasteiger partial charge on any atom is -0.467 e. The molecule has 0 aliphatic heterocycles. The number of methoxy groups -OCH3 is 1. The number of halogens is 2. The summed E-state index contributed by atoms with van der Waals surface area (Å²) in [5, 5.41) is 2.63. The lowest BCUT2D eigenvalue weighted by atomic mass is 10.2. The highest BCUT2D eigenvalue weighted by molar-refractivity contribution is 9.13. The minimum atomic E-state index is -0.604. The van der Waals surface area contributed by atoms with Gasteiger partial charge in [0.15, 0.2) is 0 Å². The van der Waals surface area contributed by atoms with Crippen molar-refractivity contribution in [1.82, 2.24) is 5.32 Å². The van der Waals surface area contributed by atoms with Crippen molar-refractivity contribution in [2.45, 2.75) is 19.4 Å². The summed E-state index contributed by atoms with van der Waals surface area (Å²) in [6, 6.07) is 1.10. The highest BCUT2D eigenvalue weighted by atomic mass is 79.9. The Hall–Kier alpha value is -0.400. The molecule has 7 heteroatoms. The summed E-state index contributed by atoms with van der Waals surface area (Å²) in [6.45, 7) is 1.81. The third-order valence-corrected chi connectivity index (χ3v) is 5.32. The average molecular weight is 385 g/mol. The zero-order chi connectivity index (χ0) is 13.0. The molecule has 1 amide bonds. The summed E-state index contributed by atoms with van der Waals surface area (Å²) in [5.41, 5.74) is 0. The van der Waals surface area contributed by atoms with Gasteiger partial charge in [-0.2, -0.15) is 0 Å². The molecular weight excluding hydrogens is 374 g/mol. The van der Waals surface area contributed by atoms with Crippen LogP contribution >= 0.6 is 43.2 Å². The molecule has 1 heterocycles. The Morgan fingerprint density at radius 1 is 1.53 bits per heavy atom. The van der Waals surface area contributed by atoms with Crippen LogP contribution in [0.3, 0.4) is 0 Å². The molecule has 1 atom stereocenters. The number of thiophene rings is 1. The molecule has 0 bridgehead atoms. The fourth-order valence-corrected chi connectivity index (χ4v) is 3.10. The van der Waals surface area contributed by atoms with Gasteiger partial charge in [0.2, 0.25) is 0 Å². The summed E-state index contributed by atoms with van der Waals surface area (Å²) in [5.74, 6) is -0.714. The molecule has 1 aromatic heterocycles. The summed E-state index contributed by atoms with van der Waals surface area (Å²) in [6.07, 6.45) is 0.492. The Balaban J connectivity index is 2.74. The van der Waals surface area contributed by atoms with E-state index in [0.717, 1.165) is 8.26 Å². The summed E-state index contributed by atoms with van der Waals surface area (Å²) in [4.78, 5) is 23.7. The summed E-state index contributed by atoms with van der Waals surface area (Å²) in [7, 11) is 1.30. The number of rotatable bonds is 4. The van der Waals surface area contributed by atoms with Crippen LogP contribution in [0, 0.1) is 0 Å². The van der Waals surface area contributed by atoms with E-state index in [1.165, 1.54) is 18.4 Å². The largest absolute Gasteiger partial charge is 0.467 e. The van der Waals surface area contributed by atoms with Crippen molar-refractivity contribution in [3.8, 4) is 0 Å². The molecule has 0 spiro atoms. The number of carbonyl (C=O) groups excluding carboxylic acids is 2. The lowest BCUT2D eigenvalue weighted by molar-refractivity contribution is -0.142. The van der Waals surface area contributed by atoms with Gasteiger partial charge >= 0.3 is 5.97 Å². The third kappa shape index (κ3) is 3.79. The number of ether oxygens (including phenoxy) is 1. The lowest BCUT2D eigenvalue weighted by Gasteiger charge is -2.13. The number of hydrogen-bond donors (Lipinski definition) is 1. The SMILES string of the molecule is CC[C@H](NC(=O)c1cc(Br)c(Br)s1)C(=O)OC. The van der Waals surface area contributed by atoms with Crippen molar-refractivity contribution in [2.24, 2.45) is 0 Å². The van der Waals surface area contributed by atoms with Crippen LogP contribution in [0.2, 0.25) is 0 Å². The molecule has 1 N–H and O–H groups in total. The first kappa shape index (κ1) is 14.7. The van der Waals surface area contributed by atoms with Crippen molar-refractivity contribution in [2.75, 3.05) is 7.11 Å². The molecule has 0 radical (unpaired) electrons. The molecular formula is C10H11Br2NO3S. The third-order valence-electron chi connectivity index (χ3n) is 2.07. The fourth-order valence-electron chi connectivity index (χ4n) is 1.16. The molecule has 17 heavy (non-hydrogen) atoms. The Bertz CT molecular complexity index is 414. The van der Waals surface area contributed by atoms with E-state index >= 15 is 0 Å². The van der Waals surface area contributed by atoms with Crippen LogP contribution in [0.4, 0.5) is 0 Å². The molecule has 94 valence electrons. The predicted molar refractivity (Wildman–Crippen MR) is 73.3 cm³/mol. The average Bonchev–Trinajstić information content (AvgIpc) is 2.65. The maximum atomic E-state index is 11.8. The van der Waals surface area contributed by atoms with E-state index in [2.05, 4.69) is 41.9 Å². The fraction of sp³-hybridized carbons (Fsp3) is 0.400. The van der Waals surface area contributed by atoms with Gasteiger partial charge in [-0.25, -0.2) is 4.79 Å². The molecule has 0 aliphatic rings. The Kier molecular flexibility index (Phi) is 5.61. The van der Waals surface area contributed by atoms with E-state index in [4.69, 9.17) is 0 Å². The molecule has 4 nitrogen and oxygen atoms in total. The van der Waals surface area contributed by atoms with Crippen molar-refractivity contribution < 1.29 is 14.3 Å². The molecule has 0 fully saturated rings. The van der Waals surface area contributed by atoms with Gasteiger partial charge in [-0.15, -0.1) is 11.3 Å². The van der Waals surface area contributed by atoms with Gasteiger partial charge in [-0.1, -0.05) is 6.92 Å². The monoisotopic (exact) mass is 383 g/mol. The molecule has 0 saturated carbocycles. The van der Waals surface area contributed by atoms with Crippen LogP contribution in [0.25, 0.3) is 0 Å². The van der Waals surface area contributed by atoms with E-state index in [1.54, 1.807) is 6.07 Å². The quantitative estimate of drug-likeness (QED) is 0.812. The van der Waals surface area contributed by atoms with Gasteiger partial charge in [-0.3, -0.25) is 4.79 Å². The highest BCUT2D eigenvalue weighted by Gasteiger charge is 2.21. The number of carbonyl (C=O) groups is 2. The van der Waals surface area contributed by atoms with Gasteiger partial charge in [0.1, 0.15) is 6.04 Å². The molecule has 1 rings (SSSR count). The van der Waals surface area contributed by atoms with Gasteiger partial charge in [0.25, 0.3) is 5.91 Å². The second-order valence-electron chi connectivity index (χ2n) is 3.19. The Morgan fingerprint density at radius 2 is 2.18 bits per heavy atom. The van der Waals surface area contributed by atoms with E-state index < -0.39 is 12.0 Å². The second-order valence-corrected chi connectivity index (χ2v) is 6.41. The van der Waals surface area contributed by atoms with E-state index in [-0.39, 0.29) is 5.91 Å². The van der Waals surface area contributed by atoms with E-state index in [1.807, 2.05) is 6.92 Å². The topological polar surface area (TPSA) is 55.4 Å². The van der Waals surface area contributed by atoms with Crippen molar-refractivity contribution in [3.05, 3.63) is 19.2 Å². The first-order chi connectivity index (χ1) is 7.99. The number of hydrogen-bond acceptors (Lipinski definition) is 4. The number of nitrogens with one attached hydrogen (secondary N) is 1. The van der Waals surface area contributed by atoms with E-state index in [9.17, 15) is 9.59 Å². The van der Waals surface area contributed by atoms with Crippen LogP contribution in [-0.2, 0) is 9.53 Å². The zero-order valence-electron chi connectivity index (χ0n) is 9.25. The maximum Gasteiger partial charge on any atom is 0.328 e. The summed E-state index contributed by atoms with van der Waals surface area (Å²) >= 11 is 7.91. The molecule has 0 aromatic carbocycles. The molecule has 0 saturated heterocycles. The van der Waals surface area contributed by atoms with Crippen molar-refractivity contribution in [3.63, 3.8) is 0 Å². The predicted octanol–water partition coefficient (Wildman–Crippen LogP) is 2.95. The van der Waals surface area contributed by atoms with Crippen LogP contribution in [-0.4, -0.2) is 25.0 Å². The molecule has 1 aromatic rings. The smallest absolute Gasteiger partial charge is 0.328 e. The van der Waals surface area contributed by atoms with Crippen LogP contribution < -0.4 is 5.32 Å². The van der Waals surface area contributed by atoms with Gasteiger partial charge in [0.05, 0.1) is 15.8 Å². The first-order valence-electron chi connectivity index (χ1n) is 4.83. The van der Waals surface area contributed by atoms with Gasteiger partial charge in [0, 0.05) is 4.47 Å². The first-order valence-corrected chi connectivity index (χ1v) is 7.23. The number of esters is 1. The Morgan fingerprint density at radius 3 is 2.59 bits per heavy atom. The Labute approximate surface area is 120 Å². The van der Waals surface area contributed by atoms with Gasteiger partial charge < -0.3 is 10.1 Å². The van der Waals surface area contributed by atoms with Crippen LogP contribution in [0.5, 0.6) is 0 Å². The normalized spacial score (nSPS) is 12.0. The van der Waals surface area contributed by atoms with Crippen LogP contribution in [0.15, 0.2) is 14.3 Å². The molecule has 0 aliphatic carbocycles. The van der Waals surface area contributed by atoms with Crippen molar-refractivity contribution >= 4 is 55.1 Å². The maximum absolute atomic E-state index is 11.8. The standard InChI is InChI=1S/C10H11Br2NO3S/c1-3-6(10(15)16-2)13-9(14)7-4-5(11)8(12)17-7/h4,6H,3H2,1-2H3,(H,13,14)/t6-/m0/s1. The van der Waals surface area contributed by atoms with Gasteiger partial charge in [-0.05, 0) is 44.3 Å². The zero-order valence-corrected chi connectivity index (χ0v) is 13.2. The summed E-state index contributed by atoms with van der Waals surface area (Å²) < 4.78 is 6.26. The highest BCUT2D eigenvalue weighted by Crippen LogP contribution is 2.32. The van der Waals surface area contributed by atoms with E-state index in [0.29, 0.717) is 11.3 Å².